The van der Waals surface area contributed by atoms with Gasteiger partial charge in [0.1, 0.15) is 0 Å². The van der Waals surface area contributed by atoms with E-state index in [1.54, 1.807) is 0 Å². The molecule has 2 fully saturated rings. The molecule has 0 amide bonds. The Kier molecular flexibility index (Phi) is 0.527. The van der Waals surface area contributed by atoms with Gasteiger partial charge in [-0.25, -0.2) is 0 Å². The summed E-state index contributed by atoms with van der Waals surface area (Å²) in [4.78, 5) is 0. The number of rotatable bonds is 0. The molecule has 0 radical (unpaired) electrons. The monoisotopic (exact) mass is 110 g/mol. The molecule has 0 heterocycles. The molecule has 8 heavy (non-hydrogen) atoms. The van der Waals surface area contributed by atoms with Gasteiger partial charge < -0.3 is 0 Å². The smallest absolute Gasteiger partial charge is 0.0240 e. The van der Waals surface area contributed by atoms with Crippen LogP contribution < -0.4 is 0 Å². The summed E-state index contributed by atoms with van der Waals surface area (Å²) >= 11 is 0. The summed E-state index contributed by atoms with van der Waals surface area (Å²) < 4.78 is 0. The lowest BCUT2D eigenvalue weighted by Gasteiger charge is -2.37. The van der Waals surface area contributed by atoms with Crippen molar-refractivity contribution < 1.29 is 0 Å². The van der Waals surface area contributed by atoms with Crippen LogP contribution >= 0.6 is 0 Å². The molecule has 2 saturated carbocycles. The molecule has 0 heteroatoms. The van der Waals surface area contributed by atoms with Crippen molar-refractivity contribution in [2.45, 2.75) is 33.6 Å². The van der Waals surface area contributed by atoms with Crippen LogP contribution in [0.1, 0.15) is 33.6 Å². The van der Waals surface area contributed by atoms with Crippen molar-refractivity contribution >= 4 is 0 Å². The fourth-order valence-corrected chi connectivity index (χ4v) is 2.61. The summed E-state index contributed by atoms with van der Waals surface area (Å²) in [5.74, 6) is 1.02. The van der Waals surface area contributed by atoms with Crippen molar-refractivity contribution in [1.82, 2.24) is 0 Å². The van der Waals surface area contributed by atoms with Crippen molar-refractivity contribution in [3.63, 3.8) is 0 Å². The first kappa shape index (κ1) is 4.84. The highest BCUT2D eigenvalue weighted by Gasteiger charge is 2.71. The average Bonchev–Trinajstić information content (AvgIpc) is 2.05. The van der Waals surface area contributed by atoms with Gasteiger partial charge in [-0.15, -0.1) is 0 Å². The van der Waals surface area contributed by atoms with Crippen molar-refractivity contribution in [2.24, 2.45) is 16.7 Å². The fraction of sp³-hybridized carbons (Fsp3) is 1.00. The summed E-state index contributed by atoms with van der Waals surface area (Å²) in [6, 6.07) is 0. The Hall–Kier alpha value is 0. The molecule has 3 unspecified atom stereocenters. The Morgan fingerprint density at radius 3 is 2.00 bits per heavy atom. The Morgan fingerprint density at radius 2 is 2.00 bits per heavy atom. The molecule has 3 atom stereocenters. The van der Waals surface area contributed by atoms with Gasteiger partial charge in [0.25, 0.3) is 0 Å². The van der Waals surface area contributed by atoms with E-state index in [1.807, 2.05) is 0 Å². The van der Waals surface area contributed by atoms with E-state index in [0.29, 0.717) is 0 Å². The maximum absolute atomic E-state index is 2.43. The van der Waals surface area contributed by atoms with Crippen molar-refractivity contribution in [2.75, 3.05) is 0 Å². The minimum absolute atomic E-state index is 0.785. The highest BCUT2D eigenvalue weighted by molar-refractivity contribution is 5.20. The quantitative estimate of drug-likeness (QED) is 0.449. The number of fused-ring (bicyclic) bond motifs is 1. The minimum atomic E-state index is 0.785. The molecule has 2 aliphatic rings. The zero-order chi connectivity index (χ0) is 5.99. The van der Waals surface area contributed by atoms with Gasteiger partial charge in [0.05, 0.1) is 0 Å². The molecular formula is C8H14. The second-order valence-electron chi connectivity index (χ2n) is 4.26. The van der Waals surface area contributed by atoms with Crippen LogP contribution in [0.4, 0.5) is 0 Å². The summed E-state index contributed by atoms with van der Waals surface area (Å²) in [5, 5.41) is 0. The van der Waals surface area contributed by atoms with Crippen LogP contribution in [0.3, 0.4) is 0 Å². The van der Waals surface area contributed by atoms with E-state index in [9.17, 15) is 0 Å². The van der Waals surface area contributed by atoms with Crippen LogP contribution in [-0.2, 0) is 0 Å². The molecule has 0 aromatic carbocycles. The summed E-state index contributed by atoms with van der Waals surface area (Å²) in [5.41, 5.74) is 1.58. The van der Waals surface area contributed by atoms with Crippen LogP contribution in [-0.4, -0.2) is 0 Å². The third kappa shape index (κ3) is 0.260. The van der Waals surface area contributed by atoms with Crippen LogP contribution in [0, 0.1) is 16.7 Å². The molecule has 2 rings (SSSR count). The van der Waals surface area contributed by atoms with Crippen molar-refractivity contribution in [3.05, 3.63) is 0 Å². The van der Waals surface area contributed by atoms with E-state index in [1.165, 1.54) is 12.8 Å². The van der Waals surface area contributed by atoms with Gasteiger partial charge in [-0.2, -0.15) is 0 Å². The van der Waals surface area contributed by atoms with Gasteiger partial charge in [-0.1, -0.05) is 20.8 Å². The first-order valence-electron chi connectivity index (χ1n) is 3.58. The molecule has 0 nitrogen and oxygen atoms in total. The average molecular weight is 110 g/mol. The van der Waals surface area contributed by atoms with Gasteiger partial charge in [0.15, 0.2) is 0 Å². The lowest BCUT2D eigenvalue weighted by Crippen LogP contribution is -2.29. The summed E-state index contributed by atoms with van der Waals surface area (Å²) in [7, 11) is 0. The van der Waals surface area contributed by atoms with E-state index in [2.05, 4.69) is 20.8 Å². The maximum Gasteiger partial charge on any atom is -0.0240 e. The first-order chi connectivity index (χ1) is 3.58. The minimum Gasteiger partial charge on any atom is -0.0619 e. The second-order valence-corrected chi connectivity index (χ2v) is 4.26. The Labute approximate surface area is 51.3 Å². The molecule has 0 spiro atoms. The highest BCUT2D eigenvalue weighted by atomic mass is 14.8. The predicted molar refractivity (Wildman–Crippen MR) is 34.6 cm³/mol. The Bertz CT molecular complexity index is 135. The molecule has 0 bridgehead atoms. The summed E-state index contributed by atoms with van der Waals surface area (Å²) in [6.07, 6.45) is 2.99. The Morgan fingerprint density at radius 1 is 1.38 bits per heavy atom. The van der Waals surface area contributed by atoms with Crippen molar-refractivity contribution in [3.8, 4) is 0 Å². The van der Waals surface area contributed by atoms with E-state index < -0.39 is 0 Å². The van der Waals surface area contributed by atoms with E-state index in [-0.39, 0.29) is 0 Å². The lowest BCUT2D eigenvalue weighted by atomic mass is 9.68. The van der Waals surface area contributed by atoms with Gasteiger partial charge in [-0.3, -0.25) is 0 Å². The second kappa shape index (κ2) is 0.872. The first-order valence-corrected chi connectivity index (χ1v) is 3.58. The molecular weight excluding hydrogens is 96.1 g/mol. The van der Waals surface area contributed by atoms with Crippen molar-refractivity contribution in [1.29, 1.82) is 0 Å². The number of hydrogen-bond donors (Lipinski definition) is 0. The third-order valence-corrected chi connectivity index (χ3v) is 3.86. The van der Waals surface area contributed by atoms with Crippen LogP contribution in [0.5, 0.6) is 0 Å². The van der Waals surface area contributed by atoms with Crippen LogP contribution in [0.15, 0.2) is 0 Å². The largest absolute Gasteiger partial charge is 0.0619 e. The SMILES string of the molecule is CC1CC2(C)CC12C. The molecule has 0 aromatic heterocycles. The molecule has 0 aromatic rings. The fourth-order valence-electron chi connectivity index (χ4n) is 2.61. The zero-order valence-electron chi connectivity index (χ0n) is 5.99. The van der Waals surface area contributed by atoms with Crippen LogP contribution in [0.25, 0.3) is 0 Å². The third-order valence-electron chi connectivity index (χ3n) is 3.86. The maximum atomic E-state index is 2.43. The van der Waals surface area contributed by atoms with E-state index in [4.69, 9.17) is 0 Å². The number of hydrogen-bond acceptors (Lipinski definition) is 0. The van der Waals surface area contributed by atoms with Gasteiger partial charge in [0, 0.05) is 0 Å². The van der Waals surface area contributed by atoms with Gasteiger partial charge >= 0.3 is 0 Å². The van der Waals surface area contributed by atoms with E-state index in [0.717, 1.165) is 16.7 Å². The molecule has 0 saturated heterocycles. The van der Waals surface area contributed by atoms with Gasteiger partial charge in [0.2, 0.25) is 0 Å². The topological polar surface area (TPSA) is 0 Å². The Balaban J connectivity index is 2.23. The molecule has 0 N–H and O–H groups in total. The lowest BCUT2D eigenvalue weighted by molar-refractivity contribution is 0.120. The predicted octanol–water partition coefficient (Wildman–Crippen LogP) is 2.44. The normalized spacial score (nSPS) is 68.6. The van der Waals surface area contributed by atoms with Crippen LogP contribution in [0.2, 0.25) is 0 Å². The van der Waals surface area contributed by atoms with E-state index >= 15 is 0 Å². The standard InChI is InChI=1S/C8H14/c1-6-4-7(2)5-8(6,7)3/h6H,4-5H2,1-3H3. The molecule has 0 aliphatic heterocycles. The molecule has 2 aliphatic carbocycles. The highest BCUT2D eigenvalue weighted by Crippen LogP contribution is 2.79. The molecule has 46 valence electrons. The zero-order valence-corrected chi connectivity index (χ0v) is 5.99. The summed E-state index contributed by atoms with van der Waals surface area (Å²) in [6.45, 7) is 7.24. The van der Waals surface area contributed by atoms with Gasteiger partial charge in [-0.05, 0) is 29.6 Å².